The Balaban J connectivity index is 1.85. The number of rotatable bonds is 3. The average molecular weight is 226 g/mol. The lowest BCUT2D eigenvalue weighted by molar-refractivity contribution is -0.211. The summed E-state index contributed by atoms with van der Waals surface area (Å²) in [5.41, 5.74) is -0.546. The van der Waals surface area contributed by atoms with E-state index >= 15 is 0 Å². The lowest BCUT2D eigenvalue weighted by Gasteiger charge is -2.52. The monoisotopic (exact) mass is 226 g/mol. The van der Waals surface area contributed by atoms with Crippen molar-refractivity contribution >= 4 is 5.97 Å². The summed E-state index contributed by atoms with van der Waals surface area (Å²) in [5, 5.41) is 9.45. The molecule has 0 aromatic rings. The van der Waals surface area contributed by atoms with Crippen LogP contribution in [-0.4, -0.2) is 37.5 Å². The second kappa shape index (κ2) is 3.44. The second-order valence-electron chi connectivity index (χ2n) is 5.42. The number of ether oxygens (including phenoxy) is 2. The van der Waals surface area contributed by atoms with E-state index in [4.69, 9.17) is 9.47 Å². The van der Waals surface area contributed by atoms with Gasteiger partial charge in [-0.05, 0) is 31.6 Å². The third kappa shape index (κ3) is 1.20. The Labute approximate surface area is 94.9 Å². The van der Waals surface area contributed by atoms with Crippen LogP contribution in [0.4, 0.5) is 0 Å². The molecule has 0 unspecified atom stereocenters. The first-order valence-corrected chi connectivity index (χ1v) is 6.10. The molecule has 0 radical (unpaired) electrons. The van der Waals surface area contributed by atoms with Gasteiger partial charge in [-0.25, -0.2) is 0 Å². The molecule has 0 aromatic carbocycles. The third-order valence-electron chi connectivity index (χ3n) is 4.83. The summed E-state index contributed by atoms with van der Waals surface area (Å²) in [4.78, 5) is 11.5. The summed E-state index contributed by atoms with van der Waals surface area (Å²) >= 11 is 0. The molecule has 16 heavy (non-hydrogen) atoms. The normalized spacial score (nSPS) is 31.8. The van der Waals surface area contributed by atoms with E-state index in [2.05, 4.69) is 0 Å². The molecule has 1 N–H and O–H groups in total. The molecule has 90 valence electrons. The summed E-state index contributed by atoms with van der Waals surface area (Å²) in [6.07, 6.45) is 3.67. The molecule has 0 amide bonds. The van der Waals surface area contributed by atoms with Gasteiger partial charge < -0.3 is 14.6 Å². The second-order valence-corrected chi connectivity index (χ2v) is 5.42. The Morgan fingerprint density at radius 3 is 2.12 bits per heavy atom. The van der Waals surface area contributed by atoms with Gasteiger partial charge in [0.05, 0.1) is 18.6 Å². The highest BCUT2D eigenvalue weighted by molar-refractivity contribution is 5.79. The van der Waals surface area contributed by atoms with Crippen LogP contribution in [0.15, 0.2) is 0 Å². The smallest absolute Gasteiger partial charge is 0.310 e. The Morgan fingerprint density at radius 2 is 1.75 bits per heavy atom. The number of aliphatic carboxylic acids is 1. The lowest BCUT2D eigenvalue weighted by atomic mass is 9.60. The fourth-order valence-electron chi connectivity index (χ4n) is 3.52. The molecule has 0 atom stereocenters. The molecule has 2 aliphatic heterocycles. The first-order chi connectivity index (χ1) is 7.71. The summed E-state index contributed by atoms with van der Waals surface area (Å²) in [6.45, 7) is 2.85. The Hall–Kier alpha value is -0.610. The Kier molecular flexibility index (Phi) is 2.27. The maximum absolute atomic E-state index is 11.5. The van der Waals surface area contributed by atoms with Crippen LogP contribution in [0, 0.1) is 16.7 Å². The minimum atomic E-state index is -0.609. The van der Waals surface area contributed by atoms with E-state index in [9.17, 15) is 9.90 Å². The van der Waals surface area contributed by atoms with Gasteiger partial charge in [0.15, 0.2) is 0 Å². The quantitative estimate of drug-likeness (QED) is 0.788. The van der Waals surface area contributed by atoms with Crippen LogP contribution in [-0.2, 0) is 14.3 Å². The summed E-state index contributed by atoms with van der Waals surface area (Å²) in [5.74, 6) is -0.129. The topological polar surface area (TPSA) is 55.8 Å². The van der Waals surface area contributed by atoms with Crippen molar-refractivity contribution in [3.8, 4) is 0 Å². The van der Waals surface area contributed by atoms with Crippen LogP contribution in [0.5, 0.6) is 0 Å². The zero-order valence-electron chi connectivity index (χ0n) is 9.41. The molecule has 0 aromatic heterocycles. The van der Waals surface area contributed by atoms with Gasteiger partial charge in [0, 0.05) is 18.6 Å². The molecule has 4 heteroatoms. The van der Waals surface area contributed by atoms with Gasteiger partial charge in [0.2, 0.25) is 0 Å². The molecule has 1 saturated carbocycles. The predicted octanol–water partition coefficient (Wildman–Crippen LogP) is 1.29. The third-order valence-corrected chi connectivity index (χ3v) is 4.83. The number of hydrogen-bond acceptors (Lipinski definition) is 3. The first-order valence-electron chi connectivity index (χ1n) is 6.10. The molecular formula is C12H18O4. The van der Waals surface area contributed by atoms with Crippen molar-refractivity contribution in [2.24, 2.45) is 16.7 Å². The standard InChI is InChI=1S/C12H18O4/c13-10(14)11(3-4-11)12(7-16-8-12)9-1-5-15-6-2-9/h9H,1-8H2,(H,13,14). The van der Waals surface area contributed by atoms with Crippen molar-refractivity contribution in [3.05, 3.63) is 0 Å². The summed E-state index contributed by atoms with van der Waals surface area (Å²) in [6, 6.07) is 0. The summed E-state index contributed by atoms with van der Waals surface area (Å²) < 4.78 is 10.7. The molecule has 0 bridgehead atoms. The van der Waals surface area contributed by atoms with Crippen molar-refractivity contribution in [2.75, 3.05) is 26.4 Å². The minimum Gasteiger partial charge on any atom is -0.481 e. The van der Waals surface area contributed by atoms with Crippen LogP contribution in [0.1, 0.15) is 25.7 Å². The zero-order valence-corrected chi connectivity index (χ0v) is 9.41. The van der Waals surface area contributed by atoms with Gasteiger partial charge in [-0.15, -0.1) is 0 Å². The fraction of sp³-hybridized carbons (Fsp3) is 0.917. The van der Waals surface area contributed by atoms with Gasteiger partial charge in [-0.2, -0.15) is 0 Å². The van der Waals surface area contributed by atoms with E-state index in [1.165, 1.54) is 0 Å². The SMILES string of the molecule is O=C(O)C1(C2(C3CCOCC3)COC2)CC1. The van der Waals surface area contributed by atoms with E-state index in [0.717, 1.165) is 38.9 Å². The Bertz CT molecular complexity index is 298. The van der Waals surface area contributed by atoms with Crippen LogP contribution >= 0.6 is 0 Å². The maximum Gasteiger partial charge on any atom is 0.310 e. The van der Waals surface area contributed by atoms with Gasteiger partial charge in [-0.1, -0.05) is 0 Å². The van der Waals surface area contributed by atoms with Crippen molar-refractivity contribution in [2.45, 2.75) is 25.7 Å². The highest BCUT2D eigenvalue weighted by Gasteiger charge is 2.69. The van der Waals surface area contributed by atoms with E-state index in [1.54, 1.807) is 0 Å². The van der Waals surface area contributed by atoms with Crippen LogP contribution < -0.4 is 0 Å². The van der Waals surface area contributed by atoms with Crippen molar-refractivity contribution in [1.29, 1.82) is 0 Å². The molecule has 0 spiro atoms. The average Bonchev–Trinajstić information content (AvgIpc) is 2.99. The highest BCUT2D eigenvalue weighted by atomic mass is 16.5. The maximum atomic E-state index is 11.5. The van der Waals surface area contributed by atoms with E-state index in [-0.39, 0.29) is 5.41 Å². The zero-order chi connectivity index (χ0) is 11.2. The molecule has 2 heterocycles. The van der Waals surface area contributed by atoms with E-state index < -0.39 is 11.4 Å². The first kappa shape index (κ1) is 10.5. The molecule has 4 nitrogen and oxygen atoms in total. The summed E-state index contributed by atoms with van der Waals surface area (Å²) in [7, 11) is 0. The van der Waals surface area contributed by atoms with Gasteiger partial charge in [0.1, 0.15) is 0 Å². The molecule has 3 rings (SSSR count). The molecule has 1 aliphatic carbocycles. The van der Waals surface area contributed by atoms with Gasteiger partial charge in [0.25, 0.3) is 0 Å². The van der Waals surface area contributed by atoms with E-state index in [1.807, 2.05) is 0 Å². The van der Waals surface area contributed by atoms with E-state index in [0.29, 0.717) is 19.1 Å². The number of carbonyl (C=O) groups is 1. The molecule has 3 aliphatic rings. The van der Waals surface area contributed by atoms with Crippen molar-refractivity contribution < 1.29 is 19.4 Å². The predicted molar refractivity (Wildman–Crippen MR) is 56.1 cm³/mol. The van der Waals surface area contributed by atoms with Crippen molar-refractivity contribution in [3.63, 3.8) is 0 Å². The van der Waals surface area contributed by atoms with Crippen LogP contribution in [0.2, 0.25) is 0 Å². The lowest BCUT2D eigenvalue weighted by Crippen LogP contribution is -2.58. The van der Waals surface area contributed by atoms with Crippen LogP contribution in [0.3, 0.4) is 0 Å². The van der Waals surface area contributed by atoms with Gasteiger partial charge >= 0.3 is 5.97 Å². The van der Waals surface area contributed by atoms with Gasteiger partial charge in [-0.3, -0.25) is 4.79 Å². The number of carboxylic acid groups (broad SMARTS) is 1. The molecular weight excluding hydrogens is 208 g/mol. The molecule has 2 saturated heterocycles. The van der Waals surface area contributed by atoms with Crippen LogP contribution in [0.25, 0.3) is 0 Å². The molecule has 3 fully saturated rings. The minimum absolute atomic E-state index is 0.0807. The Morgan fingerprint density at radius 1 is 1.12 bits per heavy atom. The fourth-order valence-corrected chi connectivity index (χ4v) is 3.52. The number of carboxylic acids is 1. The number of hydrogen-bond donors (Lipinski definition) is 1. The van der Waals surface area contributed by atoms with Crippen molar-refractivity contribution in [1.82, 2.24) is 0 Å². The largest absolute Gasteiger partial charge is 0.481 e. The highest BCUT2D eigenvalue weighted by Crippen LogP contribution is 2.66.